The standard InChI is InChI=1S/C19H20FN3O4/c1-27-17-10-21-15(9-16(17)24)19(26)22-14-8-18(25)23(11-14)7-6-12-2-4-13(20)5-3-12/h2-5,9-10,14H,6-8,11H2,1H3,(H,21,24)(H,22,26)/t14-/m1/s1. The molecule has 1 aromatic heterocycles. The van der Waals surface area contributed by atoms with Gasteiger partial charge in [-0.1, -0.05) is 12.1 Å². The van der Waals surface area contributed by atoms with E-state index in [2.05, 4.69) is 10.3 Å². The lowest BCUT2D eigenvalue weighted by atomic mass is 10.1. The lowest BCUT2D eigenvalue weighted by Crippen LogP contribution is -2.38. The third kappa shape index (κ3) is 4.52. The normalized spacial score (nSPS) is 16.4. The average molecular weight is 373 g/mol. The van der Waals surface area contributed by atoms with Gasteiger partial charge in [-0.05, 0) is 24.1 Å². The number of hydrogen-bond donors (Lipinski definition) is 2. The lowest BCUT2D eigenvalue weighted by molar-refractivity contribution is -0.127. The van der Waals surface area contributed by atoms with Crippen LogP contribution in [0.3, 0.4) is 0 Å². The average Bonchev–Trinajstić information content (AvgIpc) is 3.00. The van der Waals surface area contributed by atoms with E-state index in [1.807, 2.05) is 0 Å². The van der Waals surface area contributed by atoms with Crippen LogP contribution in [0, 0.1) is 5.82 Å². The van der Waals surface area contributed by atoms with E-state index in [1.54, 1.807) is 17.0 Å². The third-order valence-corrected chi connectivity index (χ3v) is 4.47. The number of carbonyl (C=O) groups is 2. The summed E-state index contributed by atoms with van der Waals surface area (Å²) < 4.78 is 17.8. The predicted octanol–water partition coefficient (Wildman–Crippen LogP) is 1.10. The molecule has 142 valence electrons. The van der Waals surface area contributed by atoms with Crippen LogP contribution in [-0.4, -0.2) is 47.9 Å². The highest BCUT2D eigenvalue weighted by Crippen LogP contribution is 2.13. The summed E-state index contributed by atoms with van der Waals surface area (Å²) in [5.41, 5.74) is 0.648. The molecule has 7 nitrogen and oxygen atoms in total. The van der Waals surface area contributed by atoms with Crippen LogP contribution >= 0.6 is 0 Å². The van der Waals surface area contributed by atoms with Gasteiger partial charge in [0.25, 0.3) is 5.91 Å². The van der Waals surface area contributed by atoms with Crippen LogP contribution in [0.2, 0.25) is 0 Å². The Hall–Kier alpha value is -3.16. The fourth-order valence-corrected chi connectivity index (χ4v) is 3.01. The van der Waals surface area contributed by atoms with Crippen LogP contribution < -0.4 is 15.5 Å². The van der Waals surface area contributed by atoms with E-state index < -0.39 is 11.3 Å². The third-order valence-electron chi connectivity index (χ3n) is 4.47. The van der Waals surface area contributed by atoms with Gasteiger partial charge in [0.15, 0.2) is 5.75 Å². The summed E-state index contributed by atoms with van der Waals surface area (Å²) in [6, 6.07) is 6.99. The van der Waals surface area contributed by atoms with Crippen LogP contribution in [0.1, 0.15) is 22.5 Å². The monoisotopic (exact) mass is 373 g/mol. The minimum absolute atomic E-state index is 0.0503. The number of aromatic amines is 1. The van der Waals surface area contributed by atoms with Crippen LogP contribution in [-0.2, 0) is 11.2 Å². The smallest absolute Gasteiger partial charge is 0.268 e. The van der Waals surface area contributed by atoms with Gasteiger partial charge in [-0.3, -0.25) is 14.4 Å². The molecule has 0 aliphatic carbocycles. The molecule has 0 radical (unpaired) electrons. The minimum Gasteiger partial charge on any atom is -0.491 e. The second-order valence-electron chi connectivity index (χ2n) is 6.37. The molecule has 0 unspecified atom stereocenters. The molecule has 27 heavy (non-hydrogen) atoms. The Bertz CT molecular complexity index is 895. The Balaban J connectivity index is 1.55. The molecule has 1 aliphatic heterocycles. The maximum atomic E-state index is 12.9. The van der Waals surface area contributed by atoms with Gasteiger partial charge in [0.05, 0.1) is 13.2 Å². The Morgan fingerprint density at radius 2 is 2.07 bits per heavy atom. The molecule has 2 amide bonds. The molecule has 2 N–H and O–H groups in total. The molecule has 8 heteroatoms. The van der Waals surface area contributed by atoms with Gasteiger partial charge in [-0.15, -0.1) is 0 Å². The Morgan fingerprint density at radius 3 is 2.74 bits per heavy atom. The number of aromatic nitrogens is 1. The molecular formula is C19H20FN3O4. The van der Waals surface area contributed by atoms with Crippen molar-refractivity contribution in [3.05, 3.63) is 63.8 Å². The Kier molecular flexibility index (Phi) is 5.54. The number of pyridine rings is 1. The van der Waals surface area contributed by atoms with E-state index in [0.29, 0.717) is 19.5 Å². The molecule has 0 spiro atoms. The van der Waals surface area contributed by atoms with E-state index in [4.69, 9.17) is 4.74 Å². The van der Waals surface area contributed by atoms with Crippen molar-refractivity contribution in [3.63, 3.8) is 0 Å². The maximum absolute atomic E-state index is 12.9. The van der Waals surface area contributed by atoms with Gasteiger partial charge in [0.2, 0.25) is 11.3 Å². The van der Waals surface area contributed by atoms with Crippen molar-refractivity contribution < 1.29 is 18.7 Å². The number of benzene rings is 1. The lowest BCUT2D eigenvalue weighted by Gasteiger charge is -2.17. The first-order valence-electron chi connectivity index (χ1n) is 8.56. The summed E-state index contributed by atoms with van der Waals surface area (Å²) in [5.74, 6) is -0.677. The largest absolute Gasteiger partial charge is 0.491 e. The second kappa shape index (κ2) is 8.03. The quantitative estimate of drug-likeness (QED) is 0.793. The zero-order valence-corrected chi connectivity index (χ0v) is 14.8. The molecule has 2 aromatic rings. The SMILES string of the molecule is COc1c[nH]c(C(=O)N[C@@H]2CC(=O)N(CCc3ccc(F)cc3)C2)cc1=O. The van der Waals surface area contributed by atoms with Gasteiger partial charge in [-0.25, -0.2) is 4.39 Å². The predicted molar refractivity (Wildman–Crippen MR) is 96.2 cm³/mol. The Labute approximate surface area is 155 Å². The minimum atomic E-state index is -0.451. The van der Waals surface area contributed by atoms with Crippen molar-refractivity contribution in [2.75, 3.05) is 20.2 Å². The van der Waals surface area contributed by atoms with Gasteiger partial charge < -0.3 is 19.9 Å². The number of amides is 2. The topological polar surface area (TPSA) is 91.5 Å². The second-order valence-corrected chi connectivity index (χ2v) is 6.37. The first-order valence-corrected chi connectivity index (χ1v) is 8.56. The summed E-state index contributed by atoms with van der Waals surface area (Å²) in [7, 11) is 1.37. The summed E-state index contributed by atoms with van der Waals surface area (Å²) in [6.45, 7) is 0.891. The first-order chi connectivity index (χ1) is 13.0. The van der Waals surface area contributed by atoms with Gasteiger partial charge in [0.1, 0.15) is 11.5 Å². The fourth-order valence-electron chi connectivity index (χ4n) is 3.01. The van der Waals surface area contributed by atoms with Crippen molar-refractivity contribution >= 4 is 11.8 Å². The van der Waals surface area contributed by atoms with Crippen molar-refractivity contribution in [2.45, 2.75) is 18.9 Å². The molecule has 1 fully saturated rings. The summed E-state index contributed by atoms with van der Waals surface area (Å²) >= 11 is 0. The summed E-state index contributed by atoms with van der Waals surface area (Å²) in [5, 5.41) is 2.76. The number of methoxy groups -OCH3 is 1. The number of nitrogens with one attached hydrogen (secondary N) is 2. The van der Waals surface area contributed by atoms with Crippen LogP contribution in [0.15, 0.2) is 41.3 Å². The molecule has 1 aliphatic rings. The highest BCUT2D eigenvalue weighted by atomic mass is 19.1. The van der Waals surface area contributed by atoms with Gasteiger partial charge >= 0.3 is 0 Å². The van der Waals surface area contributed by atoms with Gasteiger partial charge in [0, 0.05) is 31.8 Å². The van der Waals surface area contributed by atoms with E-state index in [1.165, 1.54) is 25.4 Å². The highest BCUT2D eigenvalue weighted by Gasteiger charge is 2.30. The number of nitrogens with zero attached hydrogens (tertiary/aromatic N) is 1. The maximum Gasteiger partial charge on any atom is 0.268 e. The van der Waals surface area contributed by atoms with Crippen LogP contribution in [0.5, 0.6) is 5.75 Å². The van der Waals surface area contributed by atoms with Crippen LogP contribution in [0.4, 0.5) is 4.39 Å². The van der Waals surface area contributed by atoms with Crippen molar-refractivity contribution in [1.82, 2.24) is 15.2 Å². The molecular weight excluding hydrogens is 353 g/mol. The molecule has 0 saturated carbocycles. The van der Waals surface area contributed by atoms with Crippen molar-refractivity contribution in [1.29, 1.82) is 0 Å². The van der Waals surface area contributed by atoms with E-state index in [9.17, 15) is 18.8 Å². The number of halogens is 1. The molecule has 1 saturated heterocycles. The van der Waals surface area contributed by atoms with E-state index in [0.717, 1.165) is 11.6 Å². The number of H-pyrrole nitrogens is 1. The number of rotatable bonds is 6. The van der Waals surface area contributed by atoms with Crippen LogP contribution in [0.25, 0.3) is 0 Å². The number of carbonyl (C=O) groups excluding carboxylic acids is 2. The zero-order chi connectivity index (χ0) is 19.4. The molecule has 1 aromatic carbocycles. The molecule has 3 rings (SSSR count). The fraction of sp³-hybridized carbons (Fsp3) is 0.316. The van der Waals surface area contributed by atoms with Gasteiger partial charge in [-0.2, -0.15) is 0 Å². The number of ether oxygens (including phenoxy) is 1. The first kappa shape index (κ1) is 18.6. The molecule has 0 bridgehead atoms. The summed E-state index contributed by atoms with van der Waals surface area (Å²) in [4.78, 5) is 40.6. The highest BCUT2D eigenvalue weighted by molar-refractivity contribution is 5.93. The number of hydrogen-bond acceptors (Lipinski definition) is 4. The van der Waals surface area contributed by atoms with Crippen molar-refractivity contribution in [2.24, 2.45) is 0 Å². The van der Waals surface area contributed by atoms with E-state index >= 15 is 0 Å². The zero-order valence-electron chi connectivity index (χ0n) is 14.8. The van der Waals surface area contributed by atoms with Crippen molar-refractivity contribution in [3.8, 4) is 5.75 Å². The Morgan fingerprint density at radius 1 is 1.33 bits per heavy atom. The molecule has 1 atom stereocenters. The number of likely N-dealkylation sites (tertiary alicyclic amines) is 1. The summed E-state index contributed by atoms with van der Waals surface area (Å²) in [6.07, 6.45) is 2.14. The van der Waals surface area contributed by atoms with E-state index in [-0.39, 0.29) is 35.6 Å². The molecule has 2 heterocycles.